The van der Waals surface area contributed by atoms with Gasteiger partial charge in [-0.25, -0.2) is 0 Å². The smallest absolute Gasteiger partial charge is 0.177 e. The van der Waals surface area contributed by atoms with E-state index in [2.05, 4.69) is 4.90 Å². The average Bonchev–Trinajstić information content (AvgIpc) is 2.68. The van der Waals surface area contributed by atoms with E-state index in [1.807, 2.05) is 13.8 Å². The summed E-state index contributed by atoms with van der Waals surface area (Å²) in [6.07, 6.45) is 3.71. The van der Waals surface area contributed by atoms with Crippen LogP contribution in [0.3, 0.4) is 0 Å². The molecule has 0 bridgehead atoms. The van der Waals surface area contributed by atoms with Gasteiger partial charge in [0.1, 0.15) is 5.00 Å². The molecule has 1 fully saturated rings. The molecule has 0 saturated carbocycles. The molecule has 19 heavy (non-hydrogen) atoms. The number of ketones is 1. The Kier molecular flexibility index (Phi) is 4.34. The van der Waals surface area contributed by atoms with Crippen LogP contribution in [0.1, 0.15) is 49.7 Å². The Hall–Kier alpha value is -1.23. The molecule has 106 valence electrons. The number of carbonyl (C=O) groups is 1. The number of hydrogen-bond acceptors (Lipinski definition) is 5. The second kappa shape index (κ2) is 5.82. The summed E-state index contributed by atoms with van der Waals surface area (Å²) in [6, 6.07) is 0. The second-order valence-electron chi connectivity index (χ2n) is 5.25. The molecule has 0 radical (unpaired) electrons. The van der Waals surface area contributed by atoms with Crippen LogP contribution in [0.2, 0.25) is 0 Å². The lowest BCUT2D eigenvalue weighted by Gasteiger charge is -2.28. The van der Waals surface area contributed by atoms with Crippen molar-refractivity contribution in [1.29, 1.82) is 0 Å². The molecular formula is C14H22N2O2S. The summed E-state index contributed by atoms with van der Waals surface area (Å²) in [7, 11) is 0. The molecule has 2 rings (SSSR count). The Balaban J connectivity index is 2.38. The zero-order valence-corrected chi connectivity index (χ0v) is 12.7. The van der Waals surface area contributed by atoms with Crippen molar-refractivity contribution in [2.75, 3.05) is 23.7 Å². The van der Waals surface area contributed by atoms with E-state index in [0.717, 1.165) is 18.1 Å². The van der Waals surface area contributed by atoms with E-state index >= 15 is 0 Å². The Morgan fingerprint density at radius 1 is 1.32 bits per heavy atom. The zero-order valence-electron chi connectivity index (χ0n) is 11.9. The number of piperidine rings is 1. The van der Waals surface area contributed by atoms with Gasteiger partial charge in [0.15, 0.2) is 11.5 Å². The maximum Gasteiger partial charge on any atom is 0.177 e. The number of hydrogen-bond donors (Lipinski definition) is 1. The normalized spacial score (nSPS) is 15.9. The monoisotopic (exact) mass is 282 g/mol. The third kappa shape index (κ3) is 3.03. The van der Waals surface area contributed by atoms with E-state index in [4.69, 9.17) is 10.5 Å². The molecule has 1 aromatic heterocycles. The highest BCUT2D eigenvalue weighted by atomic mass is 32.1. The third-order valence-corrected chi connectivity index (χ3v) is 4.55. The van der Waals surface area contributed by atoms with Crippen molar-refractivity contribution in [2.24, 2.45) is 0 Å². The van der Waals surface area contributed by atoms with Gasteiger partial charge in [0, 0.05) is 20.0 Å². The number of nitrogens with zero attached hydrogens (tertiary/aromatic N) is 1. The van der Waals surface area contributed by atoms with Gasteiger partial charge in [-0.05, 0) is 33.1 Å². The molecule has 0 atom stereocenters. The van der Waals surface area contributed by atoms with Crippen molar-refractivity contribution >= 4 is 27.8 Å². The van der Waals surface area contributed by atoms with Crippen LogP contribution < -0.4 is 15.4 Å². The molecule has 0 unspecified atom stereocenters. The quantitative estimate of drug-likeness (QED) is 0.861. The van der Waals surface area contributed by atoms with Crippen LogP contribution >= 0.6 is 11.3 Å². The number of ether oxygens (including phenoxy) is 1. The Labute approximate surface area is 118 Å². The van der Waals surface area contributed by atoms with E-state index in [1.165, 1.54) is 30.6 Å². The van der Waals surface area contributed by atoms with E-state index < -0.39 is 0 Å². The largest absolute Gasteiger partial charge is 0.486 e. The number of Topliss-reactive ketones (excluding diaryl/α,β-unsaturated/α-hetero) is 1. The number of nitrogen functional groups attached to an aromatic ring is 1. The molecule has 2 heterocycles. The van der Waals surface area contributed by atoms with Gasteiger partial charge in [0.2, 0.25) is 0 Å². The standard InChI is InChI=1S/C14H22N2O2S/c1-9(2)18-12-11(15)13(10(3)17)19-14(12)16-7-5-4-6-8-16/h9H,4-8,15H2,1-3H3. The first kappa shape index (κ1) is 14.2. The van der Waals surface area contributed by atoms with Gasteiger partial charge in [-0.15, -0.1) is 11.3 Å². The fraction of sp³-hybridized carbons (Fsp3) is 0.643. The maximum atomic E-state index is 11.7. The number of anilines is 2. The molecule has 5 heteroatoms. The minimum Gasteiger partial charge on any atom is -0.486 e. The minimum atomic E-state index is 0.0133. The van der Waals surface area contributed by atoms with Gasteiger partial charge in [0.25, 0.3) is 0 Å². The number of rotatable bonds is 4. The fourth-order valence-corrected chi connectivity index (χ4v) is 3.43. The Morgan fingerprint density at radius 2 is 1.95 bits per heavy atom. The van der Waals surface area contributed by atoms with Crippen molar-refractivity contribution in [3.05, 3.63) is 4.88 Å². The summed E-state index contributed by atoms with van der Waals surface area (Å²) >= 11 is 1.47. The molecule has 0 amide bonds. The van der Waals surface area contributed by atoms with Crippen LogP contribution in [-0.2, 0) is 0 Å². The Morgan fingerprint density at radius 3 is 2.47 bits per heavy atom. The molecule has 0 aliphatic carbocycles. The summed E-state index contributed by atoms with van der Waals surface area (Å²) in [5.41, 5.74) is 6.60. The molecule has 1 aliphatic heterocycles. The fourth-order valence-electron chi connectivity index (χ4n) is 2.33. The topological polar surface area (TPSA) is 55.6 Å². The maximum absolute atomic E-state index is 11.7. The summed E-state index contributed by atoms with van der Waals surface area (Å²) in [6.45, 7) is 7.55. The first-order valence-corrected chi connectivity index (χ1v) is 7.67. The predicted octanol–water partition coefficient (Wildman–Crippen LogP) is 3.31. The molecule has 1 aromatic rings. The van der Waals surface area contributed by atoms with Crippen LogP contribution in [0.25, 0.3) is 0 Å². The van der Waals surface area contributed by atoms with E-state index in [9.17, 15) is 4.79 Å². The van der Waals surface area contributed by atoms with Gasteiger partial charge in [-0.1, -0.05) is 0 Å². The third-order valence-electron chi connectivity index (χ3n) is 3.20. The lowest BCUT2D eigenvalue weighted by Crippen LogP contribution is -2.29. The number of nitrogens with two attached hydrogens (primary N) is 1. The molecule has 0 spiro atoms. The lowest BCUT2D eigenvalue weighted by atomic mass is 10.1. The first-order valence-electron chi connectivity index (χ1n) is 6.85. The summed E-state index contributed by atoms with van der Waals surface area (Å²) in [4.78, 5) is 14.6. The second-order valence-corrected chi connectivity index (χ2v) is 6.25. The highest BCUT2D eigenvalue weighted by Crippen LogP contribution is 2.46. The zero-order chi connectivity index (χ0) is 14.0. The molecule has 0 aromatic carbocycles. The van der Waals surface area contributed by atoms with Crippen LogP contribution in [0, 0.1) is 0 Å². The van der Waals surface area contributed by atoms with Crippen LogP contribution in [0.15, 0.2) is 0 Å². The highest BCUT2D eigenvalue weighted by Gasteiger charge is 2.25. The Bertz CT molecular complexity index is 462. The van der Waals surface area contributed by atoms with Gasteiger partial charge < -0.3 is 15.4 Å². The SMILES string of the molecule is CC(=O)c1sc(N2CCCCC2)c(OC(C)C)c1N. The van der Waals surface area contributed by atoms with Crippen LogP contribution in [0.4, 0.5) is 10.7 Å². The molecular weight excluding hydrogens is 260 g/mol. The van der Waals surface area contributed by atoms with Crippen molar-refractivity contribution in [3.63, 3.8) is 0 Å². The summed E-state index contributed by atoms with van der Waals surface area (Å²) in [5, 5.41) is 1.02. The minimum absolute atomic E-state index is 0.0133. The lowest BCUT2D eigenvalue weighted by molar-refractivity contribution is 0.102. The highest BCUT2D eigenvalue weighted by molar-refractivity contribution is 7.19. The number of thiophene rings is 1. The molecule has 2 N–H and O–H groups in total. The summed E-state index contributed by atoms with van der Waals surface area (Å²) in [5.74, 6) is 0.714. The molecule has 4 nitrogen and oxygen atoms in total. The van der Waals surface area contributed by atoms with Gasteiger partial charge >= 0.3 is 0 Å². The van der Waals surface area contributed by atoms with Crippen molar-refractivity contribution in [3.8, 4) is 5.75 Å². The van der Waals surface area contributed by atoms with Crippen molar-refractivity contribution in [2.45, 2.75) is 46.1 Å². The molecule has 1 aliphatic rings. The van der Waals surface area contributed by atoms with E-state index in [-0.39, 0.29) is 11.9 Å². The van der Waals surface area contributed by atoms with Crippen molar-refractivity contribution < 1.29 is 9.53 Å². The van der Waals surface area contributed by atoms with Gasteiger partial charge in [-0.3, -0.25) is 4.79 Å². The van der Waals surface area contributed by atoms with Gasteiger partial charge in [-0.2, -0.15) is 0 Å². The van der Waals surface area contributed by atoms with Gasteiger partial charge in [0.05, 0.1) is 16.7 Å². The summed E-state index contributed by atoms with van der Waals surface area (Å²) < 4.78 is 5.85. The predicted molar refractivity (Wildman–Crippen MR) is 80.6 cm³/mol. The van der Waals surface area contributed by atoms with Crippen molar-refractivity contribution in [1.82, 2.24) is 0 Å². The van der Waals surface area contributed by atoms with E-state index in [1.54, 1.807) is 6.92 Å². The van der Waals surface area contributed by atoms with E-state index in [0.29, 0.717) is 16.3 Å². The number of carbonyl (C=O) groups excluding carboxylic acids is 1. The van der Waals surface area contributed by atoms with Crippen LogP contribution in [0.5, 0.6) is 5.75 Å². The first-order chi connectivity index (χ1) is 9.00. The van der Waals surface area contributed by atoms with Crippen LogP contribution in [-0.4, -0.2) is 25.0 Å². The molecule has 1 saturated heterocycles. The average molecular weight is 282 g/mol.